The molecule has 1 saturated carbocycles. The van der Waals surface area contributed by atoms with Gasteiger partial charge in [0.1, 0.15) is 5.82 Å². The van der Waals surface area contributed by atoms with Crippen molar-refractivity contribution in [1.29, 1.82) is 0 Å². The van der Waals surface area contributed by atoms with Crippen LogP contribution < -0.4 is 0 Å². The number of aryl methyl sites for hydroxylation is 1. The third-order valence-corrected chi connectivity index (χ3v) is 9.61. The maximum absolute atomic E-state index is 14.0. The highest BCUT2D eigenvalue weighted by Gasteiger charge is 2.41. The predicted molar refractivity (Wildman–Crippen MR) is 154 cm³/mol. The third kappa shape index (κ3) is 8.56. The highest BCUT2D eigenvalue weighted by Crippen LogP contribution is 2.41. The van der Waals surface area contributed by atoms with Gasteiger partial charge < -0.3 is 14.9 Å². The monoisotopic (exact) mass is 644 g/mol. The first-order valence-corrected chi connectivity index (χ1v) is 15.2. The Balaban J connectivity index is 1.56. The molecule has 1 N–H and O–H groups in total. The Morgan fingerprint density at radius 3 is 2.04 bits per heavy atom. The van der Waals surface area contributed by atoms with Crippen molar-refractivity contribution in [2.24, 2.45) is 17.8 Å². The van der Waals surface area contributed by atoms with E-state index in [1.807, 2.05) is 0 Å². The van der Waals surface area contributed by atoms with Gasteiger partial charge >= 0.3 is 18.3 Å². The van der Waals surface area contributed by atoms with E-state index in [0.29, 0.717) is 43.1 Å². The molecule has 12 heteroatoms. The van der Waals surface area contributed by atoms with Gasteiger partial charge in [-0.05, 0) is 111 Å². The van der Waals surface area contributed by atoms with Gasteiger partial charge in [0.15, 0.2) is 0 Å². The number of nitrogens with zero attached hydrogens (tertiary/aromatic N) is 2. The summed E-state index contributed by atoms with van der Waals surface area (Å²) in [5, 5.41) is 9.11. The molecule has 5 nitrogen and oxygen atoms in total. The number of carboxylic acid groups (broad SMARTS) is 1. The lowest BCUT2D eigenvalue weighted by atomic mass is 9.76. The highest BCUT2D eigenvalue weighted by atomic mass is 19.4. The van der Waals surface area contributed by atoms with Crippen molar-refractivity contribution in [3.63, 3.8) is 0 Å². The lowest BCUT2D eigenvalue weighted by molar-refractivity contribution is -0.143. The topological polar surface area (TPSA) is 60.9 Å². The van der Waals surface area contributed by atoms with Crippen LogP contribution in [0.5, 0.6) is 0 Å². The van der Waals surface area contributed by atoms with Gasteiger partial charge in [-0.15, -0.1) is 0 Å². The first kappa shape index (κ1) is 34.7. The molecule has 0 bridgehead atoms. The molecule has 2 aromatic carbocycles. The number of hydrogen-bond donors (Lipinski definition) is 1. The van der Waals surface area contributed by atoms with Crippen LogP contribution in [0.15, 0.2) is 36.4 Å². The van der Waals surface area contributed by atoms with Crippen molar-refractivity contribution in [3.05, 3.63) is 70.0 Å². The van der Waals surface area contributed by atoms with Gasteiger partial charge in [-0.1, -0.05) is 6.07 Å². The Kier molecular flexibility index (Phi) is 10.6. The van der Waals surface area contributed by atoms with Gasteiger partial charge in [-0.25, -0.2) is 4.39 Å². The Morgan fingerprint density at radius 2 is 1.51 bits per heavy atom. The number of hydrogen-bond acceptors (Lipinski definition) is 3. The van der Waals surface area contributed by atoms with Gasteiger partial charge in [0.05, 0.1) is 17.2 Å². The molecule has 1 amide bonds. The van der Waals surface area contributed by atoms with Gasteiger partial charge in [-0.2, -0.15) is 26.3 Å². The summed E-state index contributed by atoms with van der Waals surface area (Å²) in [7, 11) is 1.39. The van der Waals surface area contributed by atoms with Crippen LogP contribution in [0.4, 0.5) is 30.7 Å². The van der Waals surface area contributed by atoms with E-state index in [1.54, 1.807) is 13.0 Å². The summed E-state index contributed by atoms with van der Waals surface area (Å²) in [4.78, 5) is 28.6. The third-order valence-electron chi connectivity index (χ3n) is 9.61. The van der Waals surface area contributed by atoms with Crippen LogP contribution in [0.3, 0.4) is 0 Å². The largest absolute Gasteiger partial charge is 0.481 e. The minimum absolute atomic E-state index is 0.0692. The molecule has 0 aromatic heterocycles. The highest BCUT2D eigenvalue weighted by molar-refractivity contribution is 5.80. The normalized spacial score (nSPS) is 23.9. The molecule has 45 heavy (non-hydrogen) atoms. The summed E-state index contributed by atoms with van der Waals surface area (Å²) >= 11 is 0. The van der Waals surface area contributed by atoms with Crippen LogP contribution in [0.1, 0.15) is 85.2 Å². The van der Waals surface area contributed by atoms with Crippen LogP contribution in [0.25, 0.3) is 0 Å². The molecule has 0 radical (unpaired) electrons. The van der Waals surface area contributed by atoms with Gasteiger partial charge in [0, 0.05) is 38.4 Å². The molecule has 1 heterocycles. The Bertz CT molecular complexity index is 1340. The van der Waals surface area contributed by atoms with Crippen molar-refractivity contribution in [2.45, 2.75) is 76.7 Å². The molecule has 0 spiro atoms. The molecule has 3 atom stereocenters. The number of carbonyl (C=O) groups excluding carboxylic acids is 1. The Morgan fingerprint density at radius 1 is 0.933 bits per heavy atom. The minimum atomic E-state index is -5.01. The fraction of sp³-hybridized carbons (Fsp3) is 0.576. The molecule has 1 saturated heterocycles. The van der Waals surface area contributed by atoms with Crippen molar-refractivity contribution >= 4 is 11.9 Å². The first-order valence-electron chi connectivity index (χ1n) is 15.2. The van der Waals surface area contributed by atoms with Crippen LogP contribution in [-0.2, 0) is 21.9 Å². The second-order valence-corrected chi connectivity index (χ2v) is 12.7. The van der Waals surface area contributed by atoms with E-state index >= 15 is 0 Å². The average molecular weight is 645 g/mol. The maximum atomic E-state index is 14.0. The number of carbonyl (C=O) groups is 2. The zero-order valence-electron chi connectivity index (χ0n) is 25.5. The Labute approximate surface area is 258 Å². The SMILES string of the molecule is Cc1cc(F)ccc1[C@H]1CN(C[C@H]2CC[C@@H](CC(=O)O)CC2)CC[C@@H]1C(=O)N(C)C(C)c1cc(C(F)(F)F)cc(C(F)(F)F)c1. The number of benzene rings is 2. The van der Waals surface area contributed by atoms with Gasteiger partial charge in [0.25, 0.3) is 0 Å². The van der Waals surface area contributed by atoms with E-state index in [2.05, 4.69) is 4.90 Å². The molecule has 2 aliphatic rings. The van der Waals surface area contributed by atoms with Crippen molar-refractivity contribution in [2.75, 3.05) is 26.7 Å². The van der Waals surface area contributed by atoms with E-state index in [-0.39, 0.29) is 29.9 Å². The number of rotatable bonds is 8. The van der Waals surface area contributed by atoms with Crippen molar-refractivity contribution in [1.82, 2.24) is 9.80 Å². The summed E-state index contributed by atoms with van der Waals surface area (Å²) in [5.41, 5.74) is -1.74. The number of amides is 1. The summed E-state index contributed by atoms with van der Waals surface area (Å²) in [6.07, 6.45) is -5.99. The summed E-state index contributed by atoms with van der Waals surface area (Å²) in [6, 6.07) is 4.63. The predicted octanol–water partition coefficient (Wildman–Crippen LogP) is 8.08. The second-order valence-electron chi connectivity index (χ2n) is 12.7. The van der Waals surface area contributed by atoms with E-state index in [9.17, 15) is 40.3 Å². The molecular formula is C33H39F7N2O3. The molecule has 1 aliphatic carbocycles. The molecule has 2 aromatic rings. The van der Waals surface area contributed by atoms with E-state index in [1.165, 1.54) is 31.0 Å². The molecule has 4 rings (SSSR count). The number of carboxylic acids is 1. The zero-order valence-corrected chi connectivity index (χ0v) is 25.5. The molecule has 248 valence electrons. The molecule has 1 aliphatic heterocycles. The zero-order chi connectivity index (χ0) is 33.3. The number of piperidine rings is 1. The Hall–Kier alpha value is -3.15. The van der Waals surface area contributed by atoms with Crippen molar-refractivity contribution in [3.8, 4) is 0 Å². The second kappa shape index (κ2) is 13.7. The van der Waals surface area contributed by atoms with Crippen LogP contribution >= 0.6 is 0 Å². The smallest absolute Gasteiger partial charge is 0.416 e. The van der Waals surface area contributed by atoms with Crippen LogP contribution in [0.2, 0.25) is 0 Å². The standard InChI is InChI=1S/C33H39F7N2O3/c1-19-12-26(34)8-9-27(19)29-18-42(17-22-6-4-21(5-7-22)13-30(43)44)11-10-28(29)31(45)41(3)20(2)23-14-24(32(35,36)37)16-25(15-23)33(38,39)40/h8-9,12,14-16,20-22,28-29H,4-7,10-11,13,17-18H2,1-3H3,(H,43,44)/t20?,21-,22+,28-,29+/m0/s1. The number of likely N-dealkylation sites (tertiary alicyclic amines) is 1. The quantitative estimate of drug-likeness (QED) is 0.295. The maximum Gasteiger partial charge on any atom is 0.416 e. The summed E-state index contributed by atoms with van der Waals surface area (Å²) < 4.78 is 95.2. The molecule has 1 unspecified atom stereocenters. The van der Waals surface area contributed by atoms with Gasteiger partial charge in [0.2, 0.25) is 5.91 Å². The lowest BCUT2D eigenvalue weighted by Crippen LogP contribution is -2.47. The summed E-state index contributed by atoms with van der Waals surface area (Å²) in [5.74, 6) is -2.11. The van der Waals surface area contributed by atoms with Crippen LogP contribution in [0, 0.1) is 30.5 Å². The van der Waals surface area contributed by atoms with E-state index in [0.717, 1.165) is 37.8 Å². The van der Waals surface area contributed by atoms with Gasteiger partial charge in [-0.3, -0.25) is 9.59 Å². The number of halogens is 7. The first-order chi connectivity index (χ1) is 20.9. The minimum Gasteiger partial charge on any atom is -0.481 e. The number of alkyl halides is 6. The summed E-state index contributed by atoms with van der Waals surface area (Å²) in [6.45, 7) is 4.94. The fourth-order valence-electron chi connectivity index (χ4n) is 6.98. The fourth-order valence-corrected chi connectivity index (χ4v) is 6.98. The average Bonchev–Trinajstić information content (AvgIpc) is 2.95. The number of aliphatic carboxylic acids is 1. The van der Waals surface area contributed by atoms with Crippen molar-refractivity contribution < 1.29 is 45.4 Å². The molecule has 2 fully saturated rings. The van der Waals surface area contributed by atoms with Crippen LogP contribution in [-0.4, -0.2) is 53.5 Å². The lowest BCUT2D eigenvalue weighted by Gasteiger charge is -2.42. The van der Waals surface area contributed by atoms with E-state index in [4.69, 9.17) is 5.11 Å². The van der Waals surface area contributed by atoms with E-state index < -0.39 is 53.1 Å². The molecular weight excluding hydrogens is 605 g/mol.